The third-order valence-corrected chi connectivity index (χ3v) is 4.67. The number of carbonyl (C=O) groups excluding carboxylic acids is 2. The van der Waals surface area contributed by atoms with Crippen LogP contribution in [0.4, 0.5) is 4.39 Å². The first-order valence-corrected chi connectivity index (χ1v) is 9.39. The number of rotatable bonds is 7. The number of benzene rings is 2. The maximum atomic E-state index is 12.8. The minimum absolute atomic E-state index is 0.0183. The van der Waals surface area contributed by atoms with E-state index in [9.17, 15) is 22.4 Å². The summed E-state index contributed by atoms with van der Waals surface area (Å²) in [6.45, 7) is -0.0678. The maximum Gasteiger partial charge on any atom is 0.339 e. The molecule has 0 heterocycles. The number of hydrogen-bond acceptors (Lipinski definition) is 5. The van der Waals surface area contributed by atoms with Crippen LogP contribution in [0.3, 0.4) is 0 Å². The Labute approximate surface area is 154 Å². The highest BCUT2D eigenvalue weighted by atomic mass is 35.5. The molecule has 2 N–H and O–H groups in total. The molecule has 26 heavy (non-hydrogen) atoms. The lowest BCUT2D eigenvalue weighted by molar-refractivity contribution is 0.0494. The number of carbonyl (C=O) groups is 2. The summed E-state index contributed by atoms with van der Waals surface area (Å²) in [6.07, 6.45) is 0.346. The standard InChI is InChI=1S/C17H15ClFNO5S/c18-15-8-7-13(26(20,23)24)10-14(15)17(22)25-9-1-2-16(21)11-3-5-12(19)6-4-11/h3-8,10H,1-2,9H2,(H2,20,23,24). The summed E-state index contributed by atoms with van der Waals surface area (Å²) in [4.78, 5) is 23.7. The van der Waals surface area contributed by atoms with E-state index < -0.39 is 21.8 Å². The van der Waals surface area contributed by atoms with E-state index in [1.165, 1.54) is 36.4 Å². The van der Waals surface area contributed by atoms with Crippen molar-refractivity contribution in [2.45, 2.75) is 17.7 Å². The highest BCUT2D eigenvalue weighted by Gasteiger charge is 2.17. The van der Waals surface area contributed by atoms with Gasteiger partial charge in [-0.05, 0) is 48.9 Å². The van der Waals surface area contributed by atoms with Gasteiger partial charge in [-0.25, -0.2) is 22.7 Å². The summed E-state index contributed by atoms with van der Waals surface area (Å²) < 4.78 is 40.5. The third-order valence-electron chi connectivity index (χ3n) is 3.43. The number of Topliss-reactive ketones (excluding diaryl/α,β-unsaturated/α-hetero) is 1. The van der Waals surface area contributed by atoms with Crippen LogP contribution in [0, 0.1) is 5.82 Å². The molecule has 0 radical (unpaired) electrons. The second-order valence-corrected chi connectivity index (χ2v) is 7.32. The Morgan fingerprint density at radius 2 is 1.77 bits per heavy atom. The predicted molar refractivity (Wildman–Crippen MR) is 93.1 cm³/mol. The van der Waals surface area contributed by atoms with E-state index in [-0.39, 0.29) is 40.7 Å². The fourth-order valence-corrected chi connectivity index (χ4v) is 2.83. The van der Waals surface area contributed by atoms with Crippen LogP contribution in [0.5, 0.6) is 0 Å². The lowest BCUT2D eigenvalue weighted by Gasteiger charge is -2.08. The fraction of sp³-hybridized carbons (Fsp3) is 0.176. The second kappa shape index (κ2) is 8.39. The third kappa shape index (κ3) is 5.35. The van der Waals surface area contributed by atoms with Crippen LogP contribution >= 0.6 is 11.6 Å². The van der Waals surface area contributed by atoms with E-state index >= 15 is 0 Å². The summed E-state index contributed by atoms with van der Waals surface area (Å²) in [5.41, 5.74) is 0.227. The first kappa shape index (κ1) is 20.0. The largest absolute Gasteiger partial charge is 0.462 e. The average molecular weight is 400 g/mol. The summed E-state index contributed by atoms with van der Waals surface area (Å²) >= 11 is 5.88. The molecule has 0 fully saturated rings. The van der Waals surface area contributed by atoms with Crippen molar-refractivity contribution in [1.29, 1.82) is 0 Å². The van der Waals surface area contributed by atoms with Gasteiger partial charge in [-0.15, -0.1) is 0 Å². The molecule has 0 unspecified atom stereocenters. The van der Waals surface area contributed by atoms with Gasteiger partial charge in [0.05, 0.1) is 22.1 Å². The average Bonchev–Trinajstić information content (AvgIpc) is 2.58. The molecule has 0 bridgehead atoms. The van der Waals surface area contributed by atoms with Crippen LogP contribution in [-0.4, -0.2) is 26.8 Å². The van der Waals surface area contributed by atoms with Gasteiger partial charge in [0.1, 0.15) is 5.82 Å². The summed E-state index contributed by atoms with van der Waals surface area (Å²) in [7, 11) is -3.98. The van der Waals surface area contributed by atoms with Gasteiger partial charge in [0.15, 0.2) is 5.78 Å². The van der Waals surface area contributed by atoms with Crippen molar-refractivity contribution < 1.29 is 27.1 Å². The number of hydrogen-bond donors (Lipinski definition) is 1. The summed E-state index contributed by atoms with van der Waals surface area (Å²) in [5, 5.41) is 5.03. The molecule has 0 atom stereocenters. The Kier molecular flexibility index (Phi) is 6.47. The zero-order chi connectivity index (χ0) is 19.3. The maximum absolute atomic E-state index is 12.8. The topological polar surface area (TPSA) is 104 Å². The Bertz CT molecular complexity index is 929. The number of primary sulfonamides is 1. The molecule has 0 aromatic heterocycles. The lowest BCUT2D eigenvalue weighted by atomic mass is 10.1. The van der Waals surface area contributed by atoms with Crippen molar-refractivity contribution in [2.75, 3.05) is 6.61 Å². The molecular weight excluding hydrogens is 385 g/mol. The van der Waals surface area contributed by atoms with Gasteiger partial charge in [0.2, 0.25) is 10.0 Å². The Morgan fingerprint density at radius 3 is 2.38 bits per heavy atom. The zero-order valence-electron chi connectivity index (χ0n) is 13.4. The van der Waals surface area contributed by atoms with Gasteiger partial charge < -0.3 is 4.74 Å². The van der Waals surface area contributed by atoms with E-state index in [1.807, 2.05) is 0 Å². The van der Waals surface area contributed by atoms with Crippen LogP contribution in [0.1, 0.15) is 33.6 Å². The second-order valence-electron chi connectivity index (χ2n) is 5.36. The number of esters is 1. The number of halogens is 2. The van der Waals surface area contributed by atoms with E-state index in [0.717, 1.165) is 6.07 Å². The number of sulfonamides is 1. The van der Waals surface area contributed by atoms with Crippen molar-refractivity contribution in [3.63, 3.8) is 0 Å². The smallest absolute Gasteiger partial charge is 0.339 e. The van der Waals surface area contributed by atoms with Gasteiger partial charge in [0, 0.05) is 12.0 Å². The minimum atomic E-state index is -3.98. The monoisotopic (exact) mass is 399 g/mol. The lowest BCUT2D eigenvalue weighted by Crippen LogP contribution is -2.14. The molecule has 0 aliphatic heterocycles. The van der Waals surface area contributed by atoms with Gasteiger partial charge >= 0.3 is 5.97 Å². The molecule has 2 rings (SSSR count). The number of nitrogens with two attached hydrogens (primary N) is 1. The minimum Gasteiger partial charge on any atom is -0.462 e. The molecule has 0 amide bonds. The molecule has 2 aromatic carbocycles. The molecule has 9 heteroatoms. The quantitative estimate of drug-likeness (QED) is 0.438. The zero-order valence-corrected chi connectivity index (χ0v) is 15.0. The number of ketones is 1. The van der Waals surface area contributed by atoms with E-state index in [1.54, 1.807) is 0 Å². The van der Waals surface area contributed by atoms with E-state index in [0.29, 0.717) is 5.56 Å². The Hall–Kier alpha value is -2.29. The molecule has 0 aliphatic carbocycles. The highest BCUT2D eigenvalue weighted by molar-refractivity contribution is 7.89. The first-order valence-electron chi connectivity index (χ1n) is 7.47. The molecule has 6 nitrogen and oxygen atoms in total. The van der Waals surface area contributed by atoms with Crippen molar-refractivity contribution in [1.82, 2.24) is 0 Å². The van der Waals surface area contributed by atoms with E-state index in [2.05, 4.69) is 0 Å². The van der Waals surface area contributed by atoms with Gasteiger partial charge in [-0.2, -0.15) is 0 Å². The Balaban J connectivity index is 1.91. The molecule has 0 saturated heterocycles. The van der Waals surface area contributed by atoms with Crippen molar-refractivity contribution in [2.24, 2.45) is 5.14 Å². The Morgan fingerprint density at radius 1 is 1.12 bits per heavy atom. The van der Waals surface area contributed by atoms with Gasteiger partial charge in [-0.1, -0.05) is 11.6 Å². The predicted octanol–water partition coefficient (Wildman–Crippen LogP) is 2.95. The van der Waals surface area contributed by atoms with Crippen LogP contribution in [0.15, 0.2) is 47.4 Å². The normalized spacial score (nSPS) is 11.2. The van der Waals surface area contributed by atoms with Gasteiger partial charge in [0.25, 0.3) is 0 Å². The molecule has 0 spiro atoms. The SMILES string of the molecule is NS(=O)(=O)c1ccc(Cl)c(C(=O)OCCCC(=O)c2ccc(F)cc2)c1. The molecular formula is C17H15ClFNO5S. The fourth-order valence-electron chi connectivity index (χ4n) is 2.09. The highest BCUT2D eigenvalue weighted by Crippen LogP contribution is 2.21. The van der Waals surface area contributed by atoms with Crippen molar-refractivity contribution in [3.05, 3.63) is 64.4 Å². The molecule has 0 aliphatic rings. The molecule has 0 saturated carbocycles. The summed E-state index contributed by atoms with van der Waals surface area (Å²) in [5.74, 6) is -1.47. The van der Waals surface area contributed by atoms with Crippen LogP contribution < -0.4 is 5.14 Å². The van der Waals surface area contributed by atoms with E-state index in [4.69, 9.17) is 21.5 Å². The molecule has 2 aromatic rings. The first-order chi connectivity index (χ1) is 12.2. The number of ether oxygens (including phenoxy) is 1. The summed E-state index contributed by atoms with van der Waals surface area (Å²) in [6, 6.07) is 8.57. The van der Waals surface area contributed by atoms with Crippen molar-refractivity contribution in [3.8, 4) is 0 Å². The van der Waals surface area contributed by atoms with Gasteiger partial charge in [-0.3, -0.25) is 4.79 Å². The molecule has 138 valence electrons. The van der Waals surface area contributed by atoms with Crippen LogP contribution in [0.2, 0.25) is 5.02 Å². The van der Waals surface area contributed by atoms with Crippen molar-refractivity contribution >= 4 is 33.4 Å². The van der Waals surface area contributed by atoms with Crippen LogP contribution in [0.25, 0.3) is 0 Å². The van der Waals surface area contributed by atoms with Crippen LogP contribution in [-0.2, 0) is 14.8 Å².